The molecule has 0 spiro atoms. The van der Waals surface area contributed by atoms with Crippen LogP contribution < -0.4 is 5.32 Å². The lowest BCUT2D eigenvalue weighted by molar-refractivity contribution is -0.0419. The van der Waals surface area contributed by atoms with E-state index in [0.717, 1.165) is 31.6 Å². The molecule has 2 heterocycles. The molecule has 0 saturated carbocycles. The number of halogens is 1. The summed E-state index contributed by atoms with van der Waals surface area (Å²) >= 11 is 0. The summed E-state index contributed by atoms with van der Waals surface area (Å²) in [6.45, 7) is 5.28. The average Bonchev–Trinajstić information content (AvgIpc) is 2.60. The number of hydrogen-bond donors (Lipinski definition) is 1. The highest BCUT2D eigenvalue weighted by Crippen LogP contribution is 2.47. The topological polar surface area (TPSA) is 21.3 Å². The summed E-state index contributed by atoms with van der Waals surface area (Å²) in [7, 11) is 0. The second kappa shape index (κ2) is 6.36. The van der Waals surface area contributed by atoms with E-state index < -0.39 is 0 Å². The van der Waals surface area contributed by atoms with Gasteiger partial charge >= 0.3 is 0 Å². The largest absolute Gasteiger partial charge is 0.381 e. The summed E-state index contributed by atoms with van der Waals surface area (Å²) in [4.78, 5) is 0. The molecule has 2 nitrogen and oxygen atoms in total. The van der Waals surface area contributed by atoms with Gasteiger partial charge in [-0.25, -0.2) is 4.39 Å². The predicted molar refractivity (Wildman–Crippen MR) is 95.8 cm³/mol. The first kappa shape index (κ1) is 15.9. The van der Waals surface area contributed by atoms with Gasteiger partial charge in [-0.2, -0.15) is 0 Å². The van der Waals surface area contributed by atoms with Gasteiger partial charge in [-0.05, 0) is 49.0 Å². The van der Waals surface area contributed by atoms with E-state index in [0.29, 0.717) is 11.8 Å². The van der Waals surface area contributed by atoms with Crippen LogP contribution in [-0.4, -0.2) is 12.6 Å². The Morgan fingerprint density at radius 1 is 1.29 bits per heavy atom. The van der Waals surface area contributed by atoms with Gasteiger partial charge in [0.15, 0.2) is 0 Å². The van der Waals surface area contributed by atoms with Crippen molar-refractivity contribution in [2.24, 2.45) is 11.8 Å². The molecular formula is C21H26FNO. The van der Waals surface area contributed by atoms with E-state index in [1.807, 2.05) is 6.08 Å². The van der Waals surface area contributed by atoms with Crippen LogP contribution in [-0.2, 0) is 4.74 Å². The van der Waals surface area contributed by atoms with Crippen molar-refractivity contribution in [2.75, 3.05) is 11.9 Å². The minimum absolute atomic E-state index is 0.109. The monoisotopic (exact) mass is 327 g/mol. The SMILES string of the molecule is CC(C)c1ccc2c(c1)[C@@H]1OCCC[C@@H]1[C@@H](C1C=C(F)C=CC1)N2. The average molecular weight is 327 g/mol. The number of hydrogen-bond acceptors (Lipinski definition) is 2. The molecule has 0 radical (unpaired) electrons. The fourth-order valence-corrected chi connectivity index (χ4v) is 4.43. The van der Waals surface area contributed by atoms with E-state index in [-0.39, 0.29) is 23.9 Å². The molecule has 1 aromatic carbocycles. The molecule has 1 aromatic rings. The van der Waals surface area contributed by atoms with Crippen LogP contribution in [0.3, 0.4) is 0 Å². The third-order valence-electron chi connectivity index (χ3n) is 5.72. The third-order valence-corrected chi connectivity index (χ3v) is 5.72. The Morgan fingerprint density at radius 2 is 2.17 bits per heavy atom. The van der Waals surface area contributed by atoms with Crippen LogP contribution in [0.5, 0.6) is 0 Å². The van der Waals surface area contributed by atoms with Gasteiger partial charge in [-0.3, -0.25) is 0 Å². The second-order valence-electron chi connectivity index (χ2n) is 7.62. The number of allylic oxidation sites excluding steroid dienone is 3. The number of fused-ring (bicyclic) bond motifs is 3. The Kier molecular flexibility index (Phi) is 4.21. The lowest BCUT2D eigenvalue weighted by Crippen LogP contribution is -2.45. The Hall–Kier alpha value is -1.61. The van der Waals surface area contributed by atoms with Gasteiger partial charge in [0, 0.05) is 35.7 Å². The molecule has 0 bridgehead atoms. The van der Waals surface area contributed by atoms with E-state index in [2.05, 4.69) is 37.4 Å². The van der Waals surface area contributed by atoms with Gasteiger partial charge in [-0.1, -0.05) is 32.1 Å². The molecule has 1 N–H and O–H groups in total. The molecule has 128 valence electrons. The van der Waals surface area contributed by atoms with Crippen molar-refractivity contribution in [3.63, 3.8) is 0 Å². The number of ether oxygens (including phenoxy) is 1. The fraction of sp³-hybridized carbons (Fsp3) is 0.524. The van der Waals surface area contributed by atoms with E-state index in [9.17, 15) is 4.39 Å². The zero-order valence-electron chi connectivity index (χ0n) is 14.5. The predicted octanol–water partition coefficient (Wildman–Crippen LogP) is 5.50. The summed E-state index contributed by atoms with van der Waals surface area (Å²) in [5.41, 5.74) is 3.81. The first-order chi connectivity index (χ1) is 11.6. The van der Waals surface area contributed by atoms with Crippen LogP contribution in [0.4, 0.5) is 10.1 Å². The van der Waals surface area contributed by atoms with Gasteiger partial charge in [0.1, 0.15) is 5.83 Å². The molecule has 1 aliphatic carbocycles. The maximum atomic E-state index is 13.8. The van der Waals surface area contributed by atoms with Gasteiger partial charge in [0.25, 0.3) is 0 Å². The summed E-state index contributed by atoms with van der Waals surface area (Å²) in [5, 5.41) is 3.73. The second-order valence-corrected chi connectivity index (χ2v) is 7.62. The van der Waals surface area contributed by atoms with E-state index in [4.69, 9.17) is 4.74 Å². The van der Waals surface area contributed by atoms with Crippen molar-refractivity contribution in [2.45, 2.75) is 51.2 Å². The van der Waals surface area contributed by atoms with Crippen molar-refractivity contribution < 1.29 is 9.13 Å². The number of nitrogens with one attached hydrogen (secondary N) is 1. The molecule has 4 atom stereocenters. The Morgan fingerprint density at radius 3 is 2.96 bits per heavy atom. The maximum Gasteiger partial charge on any atom is 0.119 e. The molecule has 1 fully saturated rings. The number of benzene rings is 1. The standard InChI is InChI=1S/C21H26FNO/c1-13(2)14-8-9-19-18(12-14)21-17(7-4-10-24-21)20(23-19)15-5-3-6-16(22)11-15/h3,6,8-9,11-13,15,17,20-21,23H,4-5,7,10H2,1-2H3/t15?,17-,20-,21-/m1/s1. The van der Waals surface area contributed by atoms with Gasteiger partial charge in [0.05, 0.1) is 6.10 Å². The van der Waals surface area contributed by atoms with Crippen molar-refractivity contribution >= 4 is 5.69 Å². The van der Waals surface area contributed by atoms with Crippen LogP contribution in [0.1, 0.15) is 56.3 Å². The van der Waals surface area contributed by atoms with Crippen molar-refractivity contribution in [3.8, 4) is 0 Å². The van der Waals surface area contributed by atoms with Crippen LogP contribution in [0.2, 0.25) is 0 Å². The molecule has 1 saturated heterocycles. The maximum absolute atomic E-state index is 13.8. The lowest BCUT2D eigenvalue weighted by Gasteiger charge is -2.46. The van der Waals surface area contributed by atoms with Crippen LogP contribution in [0, 0.1) is 11.8 Å². The molecule has 0 amide bonds. The molecule has 1 unspecified atom stereocenters. The molecule has 4 rings (SSSR count). The fourth-order valence-electron chi connectivity index (χ4n) is 4.43. The number of rotatable bonds is 2. The van der Waals surface area contributed by atoms with E-state index >= 15 is 0 Å². The summed E-state index contributed by atoms with van der Waals surface area (Å²) in [5.74, 6) is 1.01. The summed E-state index contributed by atoms with van der Waals surface area (Å²) < 4.78 is 20.0. The lowest BCUT2D eigenvalue weighted by atomic mass is 9.73. The quantitative estimate of drug-likeness (QED) is 0.774. The van der Waals surface area contributed by atoms with Gasteiger partial charge in [-0.15, -0.1) is 0 Å². The van der Waals surface area contributed by atoms with E-state index in [1.165, 1.54) is 11.1 Å². The highest BCUT2D eigenvalue weighted by Gasteiger charge is 2.42. The number of anilines is 1. The first-order valence-corrected chi connectivity index (χ1v) is 9.19. The highest BCUT2D eigenvalue weighted by molar-refractivity contribution is 5.58. The van der Waals surface area contributed by atoms with Crippen molar-refractivity contribution in [3.05, 3.63) is 53.4 Å². The molecule has 2 aliphatic heterocycles. The van der Waals surface area contributed by atoms with Crippen LogP contribution in [0.15, 0.2) is 42.3 Å². The normalized spacial score (nSPS) is 31.9. The van der Waals surface area contributed by atoms with Crippen LogP contribution >= 0.6 is 0 Å². The summed E-state index contributed by atoms with van der Waals surface area (Å²) in [6.07, 6.45) is 8.59. The van der Waals surface area contributed by atoms with Gasteiger partial charge in [0.2, 0.25) is 0 Å². The van der Waals surface area contributed by atoms with Gasteiger partial charge < -0.3 is 10.1 Å². The van der Waals surface area contributed by atoms with Crippen LogP contribution in [0.25, 0.3) is 0 Å². The van der Waals surface area contributed by atoms with Crippen molar-refractivity contribution in [1.29, 1.82) is 0 Å². The Labute approximate surface area is 143 Å². The minimum atomic E-state index is -0.109. The molecule has 24 heavy (non-hydrogen) atoms. The van der Waals surface area contributed by atoms with Crippen molar-refractivity contribution in [1.82, 2.24) is 0 Å². The highest BCUT2D eigenvalue weighted by atomic mass is 19.1. The Balaban J connectivity index is 1.71. The zero-order valence-corrected chi connectivity index (χ0v) is 14.5. The Bertz CT molecular complexity index is 678. The molecule has 3 aliphatic rings. The molecular weight excluding hydrogens is 301 g/mol. The molecule has 3 heteroatoms. The smallest absolute Gasteiger partial charge is 0.119 e. The third kappa shape index (κ3) is 2.79. The minimum Gasteiger partial charge on any atom is -0.381 e. The van der Waals surface area contributed by atoms with E-state index in [1.54, 1.807) is 12.2 Å². The summed E-state index contributed by atoms with van der Waals surface area (Å²) in [6, 6.07) is 6.94. The molecule has 0 aromatic heterocycles. The zero-order chi connectivity index (χ0) is 16.7. The first-order valence-electron chi connectivity index (χ1n) is 9.19.